The predicted octanol–water partition coefficient (Wildman–Crippen LogP) is 1.27. The standard InChI is InChI=1S/C14H19NO3/c16-13(17)6-3-11-1-4-12(5-2-11)14(18)7-9-15-10-8-14/h1-2,4-5,15,18H,3,6-10H2,(H,16,17). The van der Waals surface area contributed by atoms with E-state index in [1.165, 1.54) is 0 Å². The molecule has 4 heteroatoms. The molecule has 0 amide bonds. The second-order valence-electron chi connectivity index (χ2n) is 4.87. The highest BCUT2D eigenvalue weighted by molar-refractivity contribution is 5.67. The molecule has 0 saturated carbocycles. The molecule has 3 N–H and O–H groups in total. The predicted molar refractivity (Wildman–Crippen MR) is 68.4 cm³/mol. The normalized spacial score (nSPS) is 18.5. The first kappa shape index (κ1) is 13.1. The van der Waals surface area contributed by atoms with Gasteiger partial charge < -0.3 is 15.5 Å². The van der Waals surface area contributed by atoms with Crippen molar-refractivity contribution < 1.29 is 15.0 Å². The number of aliphatic carboxylic acids is 1. The van der Waals surface area contributed by atoms with E-state index in [1.807, 2.05) is 24.3 Å². The van der Waals surface area contributed by atoms with Crippen LogP contribution < -0.4 is 5.32 Å². The second-order valence-corrected chi connectivity index (χ2v) is 4.87. The van der Waals surface area contributed by atoms with Crippen molar-refractivity contribution in [2.45, 2.75) is 31.3 Å². The molecule has 0 radical (unpaired) electrons. The molecule has 0 spiro atoms. The monoisotopic (exact) mass is 249 g/mol. The highest BCUT2D eigenvalue weighted by Crippen LogP contribution is 2.30. The summed E-state index contributed by atoms with van der Waals surface area (Å²) in [4.78, 5) is 10.5. The third-order valence-electron chi connectivity index (χ3n) is 3.55. The number of aryl methyl sites for hydroxylation is 1. The van der Waals surface area contributed by atoms with Gasteiger partial charge in [0.15, 0.2) is 0 Å². The molecule has 1 heterocycles. The topological polar surface area (TPSA) is 69.6 Å². The van der Waals surface area contributed by atoms with Crippen LogP contribution in [0.5, 0.6) is 0 Å². The number of carboxylic acids is 1. The first-order valence-corrected chi connectivity index (χ1v) is 6.34. The first-order valence-electron chi connectivity index (χ1n) is 6.34. The molecule has 4 nitrogen and oxygen atoms in total. The van der Waals surface area contributed by atoms with E-state index in [4.69, 9.17) is 5.11 Å². The van der Waals surface area contributed by atoms with Gasteiger partial charge in [0.1, 0.15) is 0 Å². The van der Waals surface area contributed by atoms with Crippen LogP contribution >= 0.6 is 0 Å². The summed E-state index contributed by atoms with van der Waals surface area (Å²) in [5.41, 5.74) is 1.21. The van der Waals surface area contributed by atoms with Crippen molar-refractivity contribution in [2.75, 3.05) is 13.1 Å². The third-order valence-corrected chi connectivity index (χ3v) is 3.55. The van der Waals surface area contributed by atoms with Gasteiger partial charge in [-0.1, -0.05) is 24.3 Å². The van der Waals surface area contributed by atoms with Gasteiger partial charge in [0.25, 0.3) is 0 Å². The summed E-state index contributed by atoms with van der Waals surface area (Å²) in [6.07, 6.45) is 2.13. The van der Waals surface area contributed by atoms with Gasteiger partial charge in [-0.15, -0.1) is 0 Å². The lowest BCUT2D eigenvalue weighted by Crippen LogP contribution is -2.39. The summed E-state index contributed by atoms with van der Waals surface area (Å²) in [5.74, 6) is -0.781. The van der Waals surface area contributed by atoms with E-state index >= 15 is 0 Å². The van der Waals surface area contributed by atoms with Gasteiger partial charge in [-0.25, -0.2) is 0 Å². The van der Waals surface area contributed by atoms with Gasteiger partial charge in [-0.3, -0.25) is 4.79 Å². The average molecular weight is 249 g/mol. The lowest BCUT2D eigenvalue weighted by Gasteiger charge is -2.33. The summed E-state index contributed by atoms with van der Waals surface area (Å²) in [7, 11) is 0. The van der Waals surface area contributed by atoms with Crippen molar-refractivity contribution in [3.05, 3.63) is 35.4 Å². The minimum Gasteiger partial charge on any atom is -0.481 e. The molecule has 1 saturated heterocycles. The van der Waals surface area contributed by atoms with Gasteiger partial charge >= 0.3 is 5.97 Å². The van der Waals surface area contributed by atoms with Crippen LogP contribution in [0.25, 0.3) is 0 Å². The number of nitrogens with one attached hydrogen (secondary N) is 1. The number of carbonyl (C=O) groups is 1. The summed E-state index contributed by atoms with van der Waals surface area (Å²) in [6, 6.07) is 7.67. The molecule has 1 aliphatic heterocycles. The molecule has 1 fully saturated rings. The fourth-order valence-electron chi connectivity index (χ4n) is 2.36. The molecule has 0 aliphatic carbocycles. The number of benzene rings is 1. The molecule has 18 heavy (non-hydrogen) atoms. The zero-order valence-corrected chi connectivity index (χ0v) is 10.4. The number of hydrogen-bond donors (Lipinski definition) is 3. The van der Waals surface area contributed by atoms with Crippen LogP contribution in [0.2, 0.25) is 0 Å². The molecular formula is C14H19NO3. The van der Waals surface area contributed by atoms with Crippen molar-refractivity contribution in [3.63, 3.8) is 0 Å². The van der Waals surface area contributed by atoms with Crippen molar-refractivity contribution in [2.24, 2.45) is 0 Å². The Morgan fingerprint density at radius 3 is 2.39 bits per heavy atom. The van der Waals surface area contributed by atoms with Crippen LogP contribution in [0.1, 0.15) is 30.4 Å². The van der Waals surface area contributed by atoms with E-state index in [0.29, 0.717) is 6.42 Å². The van der Waals surface area contributed by atoms with E-state index in [0.717, 1.165) is 37.1 Å². The van der Waals surface area contributed by atoms with E-state index in [-0.39, 0.29) is 6.42 Å². The van der Waals surface area contributed by atoms with Crippen molar-refractivity contribution >= 4 is 5.97 Å². The zero-order chi connectivity index (χ0) is 13.0. The fraction of sp³-hybridized carbons (Fsp3) is 0.500. The molecule has 1 aromatic rings. The SMILES string of the molecule is O=C(O)CCc1ccc(C2(O)CCNCC2)cc1. The maximum Gasteiger partial charge on any atom is 0.303 e. The van der Waals surface area contributed by atoms with E-state index in [9.17, 15) is 9.90 Å². The molecule has 0 atom stereocenters. The Hall–Kier alpha value is -1.39. The number of aliphatic hydroxyl groups is 1. The maximum atomic E-state index is 10.5. The second kappa shape index (κ2) is 5.50. The van der Waals surface area contributed by atoms with Crippen LogP contribution in [0, 0.1) is 0 Å². The Bertz CT molecular complexity index is 408. The Kier molecular flexibility index (Phi) is 3.99. The lowest BCUT2D eigenvalue weighted by atomic mass is 9.84. The molecule has 1 aromatic carbocycles. The Morgan fingerprint density at radius 2 is 1.83 bits per heavy atom. The molecule has 1 aliphatic rings. The number of carboxylic acid groups (broad SMARTS) is 1. The largest absolute Gasteiger partial charge is 0.481 e. The van der Waals surface area contributed by atoms with Crippen molar-refractivity contribution in [1.29, 1.82) is 0 Å². The summed E-state index contributed by atoms with van der Waals surface area (Å²) >= 11 is 0. The van der Waals surface area contributed by atoms with Crippen LogP contribution in [0.3, 0.4) is 0 Å². The van der Waals surface area contributed by atoms with Crippen molar-refractivity contribution in [3.8, 4) is 0 Å². The fourth-order valence-corrected chi connectivity index (χ4v) is 2.36. The van der Waals surface area contributed by atoms with E-state index in [1.54, 1.807) is 0 Å². The minimum absolute atomic E-state index is 0.146. The highest BCUT2D eigenvalue weighted by atomic mass is 16.4. The number of piperidine rings is 1. The van der Waals surface area contributed by atoms with Gasteiger partial charge in [0.2, 0.25) is 0 Å². The zero-order valence-electron chi connectivity index (χ0n) is 10.4. The third kappa shape index (κ3) is 3.09. The maximum absolute atomic E-state index is 10.5. The van der Waals surface area contributed by atoms with Crippen LogP contribution in [0.15, 0.2) is 24.3 Å². The quantitative estimate of drug-likeness (QED) is 0.751. The Morgan fingerprint density at radius 1 is 1.22 bits per heavy atom. The summed E-state index contributed by atoms with van der Waals surface area (Å²) in [6.45, 7) is 1.66. The number of rotatable bonds is 4. The van der Waals surface area contributed by atoms with E-state index < -0.39 is 11.6 Å². The summed E-state index contributed by atoms with van der Waals surface area (Å²) < 4.78 is 0. The number of hydrogen-bond acceptors (Lipinski definition) is 3. The molecule has 0 bridgehead atoms. The van der Waals surface area contributed by atoms with Crippen LogP contribution in [-0.4, -0.2) is 29.3 Å². The van der Waals surface area contributed by atoms with Gasteiger partial charge in [-0.05, 0) is 43.5 Å². The average Bonchev–Trinajstić information content (AvgIpc) is 2.38. The minimum atomic E-state index is -0.781. The molecule has 0 aromatic heterocycles. The van der Waals surface area contributed by atoms with Gasteiger partial charge in [0, 0.05) is 6.42 Å². The van der Waals surface area contributed by atoms with Crippen LogP contribution in [-0.2, 0) is 16.8 Å². The summed E-state index contributed by atoms with van der Waals surface area (Å²) in [5, 5.41) is 22.4. The van der Waals surface area contributed by atoms with Gasteiger partial charge in [-0.2, -0.15) is 0 Å². The molecular weight excluding hydrogens is 230 g/mol. The Labute approximate surface area is 107 Å². The Balaban J connectivity index is 2.04. The van der Waals surface area contributed by atoms with Crippen molar-refractivity contribution in [1.82, 2.24) is 5.32 Å². The highest BCUT2D eigenvalue weighted by Gasteiger charge is 2.30. The smallest absolute Gasteiger partial charge is 0.303 e. The van der Waals surface area contributed by atoms with Crippen LogP contribution in [0.4, 0.5) is 0 Å². The van der Waals surface area contributed by atoms with E-state index in [2.05, 4.69) is 5.32 Å². The first-order chi connectivity index (χ1) is 8.60. The van der Waals surface area contributed by atoms with Gasteiger partial charge in [0.05, 0.1) is 5.60 Å². The molecule has 0 unspecified atom stereocenters. The molecule has 2 rings (SSSR count). The lowest BCUT2D eigenvalue weighted by molar-refractivity contribution is -0.136. The molecule has 98 valence electrons.